The average molecular weight is 608 g/mol. The minimum absolute atomic E-state index is 0.116. The van der Waals surface area contributed by atoms with E-state index in [1.54, 1.807) is 55.8 Å². The van der Waals surface area contributed by atoms with Gasteiger partial charge in [-0.3, -0.25) is 24.0 Å². The van der Waals surface area contributed by atoms with E-state index in [0.717, 1.165) is 11.4 Å². The molecule has 0 atom stereocenters. The van der Waals surface area contributed by atoms with Gasteiger partial charge < -0.3 is 19.8 Å². The van der Waals surface area contributed by atoms with E-state index in [2.05, 4.69) is 10.1 Å². The Morgan fingerprint density at radius 1 is 1.00 bits per heavy atom. The van der Waals surface area contributed by atoms with E-state index in [0.29, 0.717) is 82.9 Å². The van der Waals surface area contributed by atoms with E-state index in [-0.39, 0.29) is 18.4 Å². The number of amides is 3. The predicted octanol–water partition coefficient (Wildman–Crippen LogP) is 4.14. The highest BCUT2D eigenvalue weighted by Crippen LogP contribution is 2.36. The molecule has 2 aromatic carbocycles. The summed E-state index contributed by atoms with van der Waals surface area (Å²) in [5.74, 6) is -0.242. The molecule has 12 nitrogen and oxygen atoms in total. The normalized spacial score (nSPS) is 13.1. The number of fused-ring (bicyclic) bond motifs is 4. The standard InChI is InChI=1S/C33H33N7O5/c1-4-40-26(16-20(2)37-40)30-35-19-25-24-17-21(29(34)41)18-27(45-15-9-14-44-3)28(24)38(31(25)36-30)12-7-8-13-39-32(42)22-10-5-6-11-23(22)33(39)43/h5-8,10-11,16-19H,4,9,12-15H2,1-3H3,(H2,34,41)/b8-7+. The van der Waals surface area contributed by atoms with Gasteiger partial charge in [0.25, 0.3) is 11.8 Å². The van der Waals surface area contributed by atoms with Crippen LogP contribution in [0, 0.1) is 6.92 Å². The predicted molar refractivity (Wildman–Crippen MR) is 168 cm³/mol. The minimum Gasteiger partial charge on any atom is -0.491 e. The maximum absolute atomic E-state index is 12.9. The Balaban J connectivity index is 1.43. The maximum Gasteiger partial charge on any atom is 0.261 e. The molecule has 5 aromatic rings. The number of methoxy groups -OCH3 is 1. The van der Waals surface area contributed by atoms with E-state index in [4.69, 9.17) is 20.2 Å². The molecule has 6 rings (SSSR count). The number of rotatable bonds is 12. The summed E-state index contributed by atoms with van der Waals surface area (Å²) in [6.45, 7) is 5.89. The fraction of sp³-hybridized carbons (Fsp3) is 0.273. The molecule has 0 aliphatic carbocycles. The van der Waals surface area contributed by atoms with Crippen molar-refractivity contribution in [1.29, 1.82) is 0 Å². The number of primary amides is 1. The van der Waals surface area contributed by atoms with Gasteiger partial charge in [-0.1, -0.05) is 24.3 Å². The lowest BCUT2D eigenvalue weighted by Gasteiger charge is -2.13. The lowest BCUT2D eigenvalue weighted by molar-refractivity contribution is 0.0671. The highest BCUT2D eigenvalue weighted by molar-refractivity contribution is 6.21. The van der Waals surface area contributed by atoms with Crippen molar-refractivity contribution in [2.45, 2.75) is 33.4 Å². The van der Waals surface area contributed by atoms with Crippen molar-refractivity contribution in [3.8, 4) is 17.3 Å². The fourth-order valence-electron chi connectivity index (χ4n) is 5.64. The van der Waals surface area contributed by atoms with Crippen LogP contribution in [-0.2, 0) is 17.8 Å². The van der Waals surface area contributed by atoms with Crippen LogP contribution in [0.25, 0.3) is 33.5 Å². The number of carbonyl (C=O) groups is 3. The van der Waals surface area contributed by atoms with Gasteiger partial charge in [-0.15, -0.1) is 0 Å². The summed E-state index contributed by atoms with van der Waals surface area (Å²) < 4.78 is 15.2. The zero-order chi connectivity index (χ0) is 31.7. The number of carbonyl (C=O) groups excluding carboxylic acids is 3. The van der Waals surface area contributed by atoms with Crippen LogP contribution in [0.5, 0.6) is 5.75 Å². The number of imide groups is 1. The largest absolute Gasteiger partial charge is 0.491 e. The van der Waals surface area contributed by atoms with Gasteiger partial charge in [0.1, 0.15) is 17.1 Å². The monoisotopic (exact) mass is 607 g/mol. The van der Waals surface area contributed by atoms with E-state index in [1.807, 2.05) is 35.2 Å². The molecule has 230 valence electrons. The van der Waals surface area contributed by atoms with Crippen molar-refractivity contribution in [3.63, 3.8) is 0 Å². The molecule has 3 aromatic heterocycles. The molecule has 4 heterocycles. The number of aromatic nitrogens is 5. The van der Waals surface area contributed by atoms with Crippen molar-refractivity contribution < 1.29 is 23.9 Å². The molecule has 0 saturated carbocycles. The van der Waals surface area contributed by atoms with Crippen LogP contribution in [0.2, 0.25) is 0 Å². The number of aryl methyl sites for hydroxylation is 2. The number of nitrogens with zero attached hydrogens (tertiary/aromatic N) is 6. The van der Waals surface area contributed by atoms with Crippen LogP contribution in [0.15, 0.2) is 60.8 Å². The molecule has 0 saturated heterocycles. The third-order valence-electron chi connectivity index (χ3n) is 7.75. The summed E-state index contributed by atoms with van der Waals surface area (Å²) in [6, 6.07) is 12.1. The zero-order valence-electron chi connectivity index (χ0n) is 25.3. The van der Waals surface area contributed by atoms with Crippen LogP contribution in [0.4, 0.5) is 0 Å². The summed E-state index contributed by atoms with van der Waals surface area (Å²) in [6.07, 6.45) is 6.04. The molecule has 0 bridgehead atoms. The molecular formula is C33H33N7O5. The van der Waals surface area contributed by atoms with Gasteiger partial charge in [0.05, 0.1) is 28.9 Å². The van der Waals surface area contributed by atoms with Gasteiger partial charge in [-0.05, 0) is 44.2 Å². The summed E-state index contributed by atoms with van der Waals surface area (Å²) in [5.41, 5.74) is 9.79. The van der Waals surface area contributed by atoms with E-state index in [9.17, 15) is 14.4 Å². The number of benzene rings is 2. The topological polar surface area (TPSA) is 147 Å². The van der Waals surface area contributed by atoms with Crippen molar-refractivity contribution >= 4 is 39.7 Å². The number of ether oxygens (including phenoxy) is 2. The summed E-state index contributed by atoms with van der Waals surface area (Å²) in [4.78, 5) is 48.9. The van der Waals surface area contributed by atoms with Crippen LogP contribution in [0.3, 0.4) is 0 Å². The number of nitrogens with two attached hydrogens (primary N) is 1. The summed E-state index contributed by atoms with van der Waals surface area (Å²) >= 11 is 0. The number of hydrogen-bond donors (Lipinski definition) is 1. The van der Waals surface area contributed by atoms with Gasteiger partial charge in [0.2, 0.25) is 5.91 Å². The molecule has 0 spiro atoms. The summed E-state index contributed by atoms with van der Waals surface area (Å²) in [5, 5.41) is 5.97. The van der Waals surface area contributed by atoms with E-state index in [1.165, 1.54) is 4.90 Å². The van der Waals surface area contributed by atoms with Gasteiger partial charge in [0, 0.05) is 62.3 Å². The first-order chi connectivity index (χ1) is 21.8. The second-order valence-electron chi connectivity index (χ2n) is 10.7. The van der Waals surface area contributed by atoms with Crippen molar-refractivity contribution in [1.82, 2.24) is 29.2 Å². The van der Waals surface area contributed by atoms with Crippen molar-refractivity contribution in [2.75, 3.05) is 26.9 Å². The minimum atomic E-state index is -0.583. The first kappa shape index (κ1) is 29.7. The lowest BCUT2D eigenvalue weighted by Crippen LogP contribution is -2.29. The maximum atomic E-state index is 12.9. The van der Waals surface area contributed by atoms with E-state index < -0.39 is 5.91 Å². The van der Waals surface area contributed by atoms with Gasteiger partial charge in [-0.25, -0.2) is 9.97 Å². The Hall–Kier alpha value is -5.36. The molecule has 0 fully saturated rings. The van der Waals surface area contributed by atoms with Gasteiger partial charge >= 0.3 is 0 Å². The van der Waals surface area contributed by atoms with E-state index >= 15 is 0 Å². The molecule has 2 N–H and O–H groups in total. The Bertz CT molecular complexity index is 1960. The zero-order valence-corrected chi connectivity index (χ0v) is 25.3. The Labute approximate surface area is 259 Å². The van der Waals surface area contributed by atoms with Crippen LogP contribution in [-0.4, -0.2) is 73.8 Å². The van der Waals surface area contributed by atoms with Crippen LogP contribution >= 0.6 is 0 Å². The number of allylic oxidation sites excluding steroid dienone is 1. The Morgan fingerprint density at radius 2 is 1.73 bits per heavy atom. The molecule has 1 aliphatic heterocycles. The first-order valence-corrected chi connectivity index (χ1v) is 14.7. The molecule has 45 heavy (non-hydrogen) atoms. The van der Waals surface area contributed by atoms with Crippen molar-refractivity contribution in [2.24, 2.45) is 5.73 Å². The molecule has 3 amide bonds. The first-order valence-electron chi connectivity index (χ1n) is 14.7. The average Bonchev–Trinajstić information content (AvgIpc) is 3.66. The Morgan fingerprint density at radius 3 is 2.42 bits per heavy atom. The second-order valence-corrected chi connectivity index (χ2v) is 10.7. The van der Waals surface area contributed by atoms with Crippen LogP contribution < -0.4 is 10.5 Å². The quantitative estimate of drug-likeness (QED) is 0.126. The number of hydrogen-bond acceptors (Lipinski definition) is 8. The van der Waals surface area contributed by atoms with Crippen molar-refractivity contribution in [3.05, 3.63) is 83.2 Å². The summed E-state index contributed by atoms with van der Waals surface area (Å²) in [7, 11) is 1.63. The van der Waals surface area contributed by atoms with Crippen LogP contribution in [0.1, 0.15) is 50.1 Å². The molecular weight excluding hydrogens is 574 g/mol. The van der Waals surface area contributed by atoms with Gasteiger partial charge in [-0.2, -0.15) is 5.10 Å². The lowest BCUT2D eigenvalue weighted by atomic mass is 10.1. The molecule has 12 heteroatoms. The third-order valence-corrected chi connectivity index (χ3v) is 7.75. The third kappa shape index (κ3) is 5.44. The Kier molecular flexibility index (Phi) is 8.14. The highest BCUT2D eigenvalue weighted by atomic mass is 16.5. The second kappa shape index (κ2) is 12.3. The highest BCUT2D eigenvalue weighted by Gasteiger charge is 2.34. The molecule has 0 radical (unpaired) electrons. The molecule has 0 unspecified atom stereocenters. The molecule has 1 aliphatic rings. The smallest absolute Gasteiger partial charge is 0.261 e. The van der Waals surface area contributed by atoms with Gasteiger partial charge in [0.15, 0.2) is 5.82 Å². The fourth-order valence-corrected chi connectivity index (χ4v) is 5.64. The SMILES string of the molecule is CCn1nc(C)cc1-c1ncc2c3cc(C(N)=O)cc(OCCCOC)c3n(C/C=C/CN3C(=O)c4ccccc4C3=O)c2n1.